The summed E-state index contributed by atoms with van der Waals surface area (Å²) in [4.78, 5) is 13.9. The first-order chi connectivity index (χ1) is 9.59. The van der Waals surface area contributed by atoms with Crippen LogP contribution in [0.2, 0.25) is 0 Å². The zero-order chi connectivity index (χ0) is 14.3. The van der Waals surface area contributed by atoms with Gasteiger partial charge in [0, 0.05) is 13.7 Å². The number of amides is 2. The van der Waals surface area contributed by atoms with Crippen LogP contribution in [0, 0.1) is 12.3 Å². The van der Waals surface area contributed by atoms with Crippen molar-refractivity contribution in [1.29, 1.82) is 5.41 Å². The average Bonchev–Trinajstić information content (AvgIpc) is 2.89. The Morgan fingerprint density at radius 3 is 3.05 bits per heavy atom. The molecule has 1 aromatic rings. The van der Waals surface area contributed by atoms with Crippen LogP contribution in [0.5, 0.6) is 0 Å². The SMILES string of the molecule is COCCN1C(=O)NC(=N)C12CCc1ccc(C)cc12. The van der Waals surface area contributed by atoms with E-state index < -0.39 is 5.54 Å². The summed E-state index contributed by atoms with van der Waals surface area (Å²) in [5.74, 6) is 0.294. The maximum absolute atomic E-state index is 12.2. The third-order valence-electron chi connectivity index (χ3n) is 4.34. The number of nitrogens with zero attached hydrogens (tertiary/aromatic N) is 1. The van der Waals surface area contributed by atoms with E-state index in [1.165, 1.54) is 5.56 Å². The number of fused-ring (bicyclic) bond motifs is 2. The number of carbonyl (C=O) groups excluding carboxylic acids is 1. The third-order valence-corrected chi connectivity index (χ3v) is 4.34. The fraction of sp³-hybridized carbons (Fsp3) is 0.467. The molecule has 1 aromatic carbocycles. The molecule has 2 aliphatic rings. The van der Waals surface area contributed by atoms with E-state index in [0.29, 0.717) is 19.0 Å². The molecule has 1 spiro atoms. The highest BCUT2D eigenvalue weighted by molar-refractivity contribution is 6.09. The lowest BCUT2D eigenvalue weighted by molar-refractivity contribution is 0.123. The molecule has 1 atom stereocenters. The Kier molecular flexibility index (Phi) is 3.01. The van der Waals surface area contributed by atoms with Crippen LogP contribution in [0.15, 0.2) is 18.2 Å². The van der Waals surface area contributed by atoms with E-state index in [0.717, 1.165) is 24.0 Å². The van der Waals surface area contributed by atoms with Gasteiger partial charge in [0.15, 0.2) is 0 Å². The molecular weight excluding hydrogens is 254 g/mol. The molecule has 2 N–H and O–H groups in total. The molecule has 1 saturated heterocycles. The monoisotopic (exact) mass is 273 g/mol. The minimum Gasteiger partial charge on any atom is -0.383 e. The van der Waals surface area contributed by atoms with Crippen LogP contribution in [0.3, 0.4) is 0 Å². The van der Waals surface area contributed by atoms with Crippen molar-refractivity contribution < 1.29 is 9.53 Å². The second-order valence-corrected chi connectivity index (χ2v) is 5.47. The normalized spacial score (nSPS) is 24.4. The summed E-state index contributed by atoms with van der Waals surface area (Å²) in [5.41, 5.74) is 2.87. The number of methoxy groups -OCH3 is 1. The number of hydrogen-bond acceptors (Lipinski definition) is 3. The fourth-order valence-corrected chi connectivity index (χ4v) is 3.34. The van der Waals surface area contributed by atoms with Gasteiger partial charge in [0.25, 0.3) is 0 Å². The maximum atomic E-state index is 12.2. The molecule has 1 aliphatic carbocycles. The van der Waals surface area contributed by atoms with Gasteiger partial charge in [-0.3, -0.25) is 10.7 Å². The van der Waals surface area contributed by atoms with Gasteiger partial charge < -0.3 is 9.64 Å². The van der Waals surface area contributed by atoms with E-state index in [2.05, 4.69) is 23.5 Å². The van der Waals surface area contributed by atoms with Crippen molar-refractivity contribution in [3.05, 3.63) is 34.9 Å². The number of hydrogen-bond donors (Lipinski definition) is 2. The quantitative estimate of drug-likeness (QED) is 0.881. The summed E-state index contributed by atoms with van der Waals surface area (Å²) in [6, 6.07) is 6.12. The summed E-state index contributed by atoms with van der Waals surface area (Å²) in [7, 11) is 1.62. The van der Waals surface area contributed by atoms with E-state index in [1.54, 1.807) is 12.0 Å². The van der Waals surface area contributed by atoms with Gasteiger partial charge in [-0.1, -0.05) is 23.8 Å². The van der Waals surface area contributed by atoms with Gasteiger partial charge in [0.05, 0.1) is 6.61 Å². The molecule has 1 aliphatic heterocycles. The lowest BCUT2D eigenvalue weighted by Crippen LogP contribution is -2.46. The molecular formula is C15H19N3O2. The highest BCUT2D eigenvalue weighted by Crippen LogP contribution is 2.44. The first-order valence-electron chi connectivity index (χ1n) is 6.86. The number of urea groups is 1. The van der Waals surface area contributed by atoms with Crippen LogP contribution in [-0.2, 0) is 16.7 Å². The van der Waals surface area contributed by atoms with Crippen LogP contribution in [0.25, 0.3) is 0 Å². The largest absolute Gasteiger partial charge is 0.383 e. The highest BCUT2D eigenvalue weighted by atomic mass is 16.5. The Balaban J connectivity index is 2.09. The molecule has 2 amide bonds. The average molecular weight is 273 g/mol. The number of ether oxygens (including phenoxy) is 1. The molecule has 0 bridgehead atoms. The Morgan fingerprint density at radius 2 is 2.30 bits per heavy atom. The molecule has 3 rings (SSSR count). The number of benzene rings is 1. The van der Waals surface area contributed by atoms with Gasteiger partial charge in [-0.05, 0) is 30.9 Å². The maximum Gasteiger partial charge on any atom is 0.324 e. The predicted molar refractivity (Wildman–Crippen MR) is 76.0 cm³/mol. The standard InChI is InChI=1S/C15H19N3O2/c1-10-3-4-11-5-6-15(12(11)9-10)13(16)17-14(19)18(15)7-8-20-2/h3-4,9H,5-8H2,1-2H3,(H2,16,17,19). The molecule has 1 heterocycles. The van der Waals surface area contributed by atoms with E-state index >= 15 is 0 Å². The van der Waals surface area contributed by atoms with Crippen molar-refractivity contribution >= 4 is 11.9 Å². The minimum absolute atomic E-state index is 0.193. The van der Waals surface area contributed by atoms with Crippen LogP contribution in [0.1, 0.15) is 23.1 Å². The second kappa shape index (κ2) is 4.59. The topological polar surface area (TPSA) is 65.4 Å². The van der Waals surface area contributed by atoms with Crippen molar-refractivity contribution in [2.75, 3.05) is 20.3 Å². The zero-order valence-electron chi connectivity index (χ0n) is 11.8. The summed E-state index contributed by atoms with van der Waals surface area (Å²) in [6.45, 7) is 3.02. The Hall–Kier alpha value is -1.88. The van der Waals surface area contributed by atoms with Gasteiger partial charge in [-0.15, -0.1) is 0 Å². The zero-order valence-corrected chi connectivity index (χ0v) is 11.8. The summed E-state index contributed by atoms with van der Waals surface area (Å²) in [5, 5.41) is 11.0. The van der Waals surface area contributed by atoms with Gasteiger partial charge >= 0.3 is 6.03 Å². The molecule has 1 fully saturated rings. The van der Waals surface area contributed by atoms with Crippen molar-refractivity contribution in [1.82, 2.24) is 10.2 Å². The van der Waals surface area contributed by atoms with Crippen LogP contribution >= 0.6 is 0 Å². The highest BCUT2D eigenvalue weighted by Gasteiger charge is 2.54. The van der Waals surface area contributed by atoms with Gasteiger partial charge in [-0.25, -0.2) is 4.79 Å². The van der Waals surface area contributed by atoms with Gasteiger partial charge in [0.2, 0.25) is 0 Å². The first kappa shape index (κ1) is 13.1. The van der Waals surface area contributed by atoms with Crippen molar-refractivity contribution in [2.24, 2.45) is 0 Å². The smallest absolute Gasteiger partial charge is 0.324 e. The molecule has 20 heavy (non-hydrogen) atoms. The number of carbonyl (C=O) groups is 1. The lowest BCUT2D eigenvalue weighted by Gasteiger charge is -2.34. The van der Waals surface area contributed by atoms with Crippen LogP contribution in [-0.4, -0.2) is 37.0 Å². The minimum atomic E-state index is -0.614. The third kappa shape index (κ3) is 1.66. The summed E-state index contributed by atoms with van der Waals surface area (Å²) < 4.78 is 5.11. The number of rotatable bonds is 3. The molecule has 0 radical (unpaired) electrons. The fourth-order valence-electron chi connectivity index (χ4n) is 3.34. The Morgan fingerprint density at radius 1 is 1.50 bits per heavy atom. The first-order valence-corrected chi connectivity index (χ1v) is 6.86. The molecule has 0 saturated carbocycles. The van der Waals surface area contributed by atoms with Crippen molar-refractivity contribution in [3.8, 4) is 0 Å². The van der Waals surface area contributed by atoms with Crippen LogP contribution < -0.4 is 5.32 Å². The van der Waals surface area contributed by atoms with Gasteiger partial charge in [-0.2, -0.15) is 0 Å². The molecule has 5 heteroatoms. The Bertz CT molecular complexity index is 584. The molecule has 5 nitrogen and oxygen atoms in total. The summed E-state index contributed by atoms with van der Waals surface area (Å²) >= 11 is 0. The molecule has 1 unspecified atom stereocenters. The number of amidine groups is 1. The number of nitrogens with one attached hydrogen (secondary N) is 2. The summed E-state index contributed by atoms with van der Waals surface area (Å²) in [6.07, 6.45) is 1.67. The van der Waals surface area contributed by atoms with E-state index in [1.807, 2.05) is 6.92 Å². The van der Waals surface area contributed by atoms with Crippen molar-refractivity contribution in [3.63, 3.8) is 0 Å². The Labute approximate surface area is 118 Å². The number of aryl methyl sites for hydroxylation is 2. The van der Waals surface area contributed by atoms with E-state index in [-0.39, 0.29) is 6.03 Å². The predicted octanol–water partition coefficient (Wildman–Crippen LogP) is 1.79. The van der Waals surface area contributed by atoms with Crippen molar-refractivity contribution in [2.45, 2.75) is 25.3 Å². The molecule has 0 aromatic heterocycles. The second-order valence-electron chi connectivity index (χ2n) is 5.47. The van der Waals surface area contributed by atoms with Crippen LogP contribution in [0.4, 0.5) is 4.79 Å². The van der Waals surface area contributed by atoms with E-state index in [4.69, 9.17) is 10.1 Å². The lowest BCUT2D eigenvalue weighted by atomic mass is 9.89. The van der Waals surface area contributed by atoms with Gasteiger partial charge in [0.1, 0.15) is 11.4 Å². The molecule has 106 valence electrons. The van der Waals surface area contributed by atoms with E-state index in [9.17, 15) is 4.79 Å².